The monoisotopic (exact) mass is 444 g/mol. The molecule has 4 rings (SSSR count). The Morgan fingerprint density at radius 3 is 2.56 bits per heavy atom. The van der Waals surface area contributed by atoms with Crippen molar-refractivity contribution < 1.29 is 9.59 Å². The maximum absolute atomic E-state index is 12.4. The highest BCUT2D eigenvalue weighted by Gasteiger charge is 2.11. The normalized spacial score (nSPS) is 10.7. The number of nitrogens with one attached hydrogen (secondary N) is 2. The lowest BCUT2D eigenvalue weighted by molar-refractivity contribution is -0.116. The van der Waals surface area contributed by atoms with Crippen LogP contribution in [0.25, 0.3) is 20.8 Å². The summed E-state index contributed by atoms with van der Waals surface area (Å²) in [6, 6.07) is 25.2. The molecule has 4 aromatic rings. The first-order valence-corrected chi connectivity index (χ1v) is 11.2. The highest BCUT2D eigenvalue weighted by atomic mass is 32.1. The number of nitrogens with zero attached hydrogens (tertiary/aromatic N) is 2. The number of hydrogen-bond acceptors (Lipinski definition) is 4. The van der Waals surface area contributed by atoms with Crippen LogP contribution in [0.2, 0.25) is 0 Å². The summed E-state index contributed by atoms with van der Waals surface area (Å²) >= 11 is 1.62. The number of hydrogen-bond donors (Lipinski definition) is 2. The quantitative estimate of drug-likeness (QED) is 0.415. The first-order valence-electron chi connectivity index (χ1n) is 10.4. The zero-order valence-electron chi connectivity index (χ0n) is 17.7. The van der Waals surface area contributed by atoms with E-state index in [4.69, 9.17) is 0 Å². The van der Waals surface area contributed by atoms with Crippen LogP contribution < -0.4 is 10.6 Å². The molecule has 3 amide bonds. The second-order valence-corrected chi connectivity index (χ2v) is 8.47. The van der Waals surface area contributed by atoms with E-state index >= 15 is 0 Å². The number of carbonyl (C=O) groups is 2. The summed E-state index contributed by atoms with van der Waals surface area (Å²) in [5.41, 5.74) is 3.69. The van der Waals surface area contributed by atoms with E-state index in [-0.39, 0.29) is 24.9 Å². The Labute approximate surface area is 190 Å². The Balaban J connectivity index is 1.28. The molecule has 0 saturated carbocycles. The van der Waals surface area contributed by atoms with Crippen LogP contribution in [-0.4, -0.2) is 35.4 Å². The van der Waals surface area contributed by atoms with E-state index in [2.05, 4.69) is 15.6 Å². The lowest BCUT2D eigenvalue weighted by atomic mass is 10.2. The summed E-state index contributed by atoms with van der Waals surface area (Å²) in [5.74, 6) is -0.155. The number of benzene rings is 3. The summed E-state index contributed by atoms with van der Waals surface area (Å²) in [6.45, 7) is 0.777. The van der Waals surface area contributed by atoms with Gasteiger partial charge in [-0.2, -0.15) is 0 Å². The second kappa shape index (κ2) is 10.1. The highest BCUT2D eigenvalue weighted by molar-refractivity contribution is 7.21. The maximum Gasteiger partial charge on any atom is 0.317 e. The minimum Gasteiger partial charge on any atom is -0.337 e. The smallest absolute Gasteiger partial charge is 0.317 e. The van der Waals surface area contributed by atoms with Gasteiger partial charge in [0.25, 0.3) is 0 Å². The highest BCUT2D eigenvalue weighted by Crippen LogP contribution is 2.31. The minimum absolute atomic E-state index is 0.155. The molecule has 3 aromatic carbocycles. The van der Waals surface area contributed by atoms with Gasteiger partial charge in [0, 0.05) is 37.8 Å². The summed E-state index contributed by atoms with van der Waals surface area (Å²) in [4.78, 5) is 30.9. The lowest BCUT2D eigenvalue weighted by Gasteiger charge is -2.18. The molecule has 0 aliphatic heterocycles. The number of thiazole rings is 1. The largest absolute Gasteiger partial charge is 0.337 e. The van der Waals surface area contributed by atoms with E-state index in [9.17, 15) is 9.59 Å². The standard InChI is InChI=1S/C25H24N4O2S/c1-29(17-18-8-3-2-4-9-18)25(31)26-15-14-23(30)27-20-11-7-10-19(16-20)24-28-21-12-5-6-13-22(21)32-24/h2-13,16H,14-15,17H2,1H3,(H,26,31)(H,27,30). The molecule has 162 valence electrons. The fraction of sp³-hybridized carbons (Fsp3) is 0.160. The molecule has 0 atom stereocenters. The molecule has 0 saturated heterocycles. The molecule has 0 fully saturated rings. The van der Waals surface area contributed by atoms with Gasteiger partial charge in [-0.3, -0.25) is 4.79 Å². The van der Waals surface area contributed by atoms with E-state index in [0.717, 1.165) is 26.4 Å². The van der Waals surface area contributed by atoms with E-state index in [0.29, 0.717) is 12.2 Å². The zero-order chi connectivity index (χ0) is 22.3. The topological polar surface area (TPSA) is 74.3 Å². The van der Waals surface area contributed by atoms with Crippen LogP contribution in [0.15, 0.2) is 78.9 Å². The molecule has 2 N–H and O–H groups in total. The third kappa shape index (κ3) is 5.50. The summed E-state index contributed by atoms with van der Waals surface area (Å²) in [6.07, 6.45) is 0.191. The van der Waals surface area contributed by atoms with E-state index in [1.165, 1.54) is 0 Å². The van der Waals surface area contributed by atoms with Crippen molar-refractivity contribution in [3.05, 3.63) is 84.4 Å². The van der Waals surface area contributed by atoms with Crippen molar-refractivity contribution in [3.63, 3.8) is 0 Å². The molecule has 0 spiro atoms. The van der Waals surface area contributed by atoms with Gasteiger partial charge in [0.2, 0.25) is 5.91 Å². The maximum atomic E-state index is 12.4. The number of para-hydroxylation sites is 1. The molecule has 0 bridgehead atoms. The molecule has 1 heterocycles. The van der Waals surface area contributed by atoms with Gasteiger partial charge in [0.15, 0.2) is 0 Å². The van der Waals surface area contributed by atoms with E-state index in [1.807, 2.05) is 78.9 Å². The van der Waals surface area contributed by atoms with Crippen molar-refractivity contribution in [2.75, 3.05) is 18.9 Å². The Morgan fingerprint density at radius 2 is 1.75 bits per heavy atom. The van der Waals surface area contributed by atoms with Crippen LogP contribution >= 0.6 is 11.3 Å². The van der Waals surface area contributed by atoms with E-state index in [1.54, 1.807) is 23.3 Å². The van der Waals surface area contributed by atoms with Crippen LogP contribution in [0.5, 0.6) is 0 Å². The summed E-state index contributed by atoms with van der Waals surface area (Å²) in [5, 5.41) is 6.60. The van der Waals surface area contributed by atoms with Crippen LogP contribution in [0, 0.1) is 0 Å². The van der Waals surface area contributed by atoms with Gasteiger partial charge in [-0.1, -0.05) is 54.6 Å². The molecule has 6 nitrogen and oxygen atoms in total. The molecular weight excluding hydrogens is 420 g/mol. The van der Waals surface area contributed by atoms with Gasteiger partial charge >= 0.3 is 6.03 Å². The average molecular weight is 445 g/mol. The number of carbonyl (C=O) groups excluding carboxylic acids is 2. The molecule has 0 radical (unpaired) electrons. The van der Waals surface area contributed by atoms with Gasteiger partial charge in [0.05, 0.1) is 10.2 Å². The number of aromatic nitrogens is 1. The van der Waals surface area contributed by atoms with Crippen molar-refractivity contribution in [3.8, 4) is 10.6 Å². The SMILES string of the molecule is CN(Cc1ccccc1)C(=O)NCCC(=O)Nc1cccc(-c2nc3ccccc3s2)c1. The predicted octanol–water partition coefficient (Wildman–Crippen LogP) is 5.13. The molecule has 0 aliphatic carbocycles. The summed E-state index contributed by atoms with van der Waals surface area (Å²) in [7, 11) is 1.73. The third-order valence-electron chi connectivity index (χ3n) is 4.92. The van der Waals surface area contributed by atoms with Crippen molar-refractivity contribution in [2.45, 2.75) is 13.0 Å². The molecular formula is C25H24N4O2S. The number of fused-ring (bicyclic) bond motifs is 1. The number of anilines is 1. The number of amides is 3. The van der Waals surface area contributed by atoms with E-state index < -0.39 is 0 Å². The lowest BCUT2D eigenvalue weighted by Crippen LogP contribution is -2.38. The molecule has 0 unspecified atom stereocenters. The third-order valence-corrected chi connectivity index (χ3v) is 6.01. The van der Waals surface area contributed by atoms with Gasteiger partial charge in [-0.05, 0) is 29.8 Å². The number of rotatable bonds is 7. The first kappa shape index (κ1) is 21.5. The average Bonchev–Trinajstić information content (AvgIpc) is 3.24. The summed E-state index contributed by atoms with van der Waals surface area (Å²) < 4.78 is 1.13. The Bertz CT molecular complexity index is 1190. The van der Waals surface area contributed by atoms with Crippen molar-refractivity contribution in [1.29, 1.82) is 0 Å². The molecule has 1 aromatic heterocycles. The second-order valence-electron chi connectivity index (χ2n) is 7.44. The first-order chi connectivity index (χ1) is 15.6. The molecule has 7 heteroatoms. The Morgan fingerprint density at radius 1 is 0.969 bits per heavy atom. The van der Waals surface area contributed by atoms with Crippen LogP contribution in [0.3, 0.4) is 0 Å². The molecule has 0 aliphatic rings. The molecule has 32 heavy (non-hydrogen) atoms. The van der Waals surface area contributed by atoms with Gasteiger partial charge in [-0.25, -0.2) is 9.78 Å². The fourth-order valence-electron chi connectivity index (χ4n) is 3.30. The van der Waals surface area contributed by atoms with Crippen LogP contribution in [0.4, 0.5) is 10.5 Å². The van der Waals surface area contributed by atoms with Crippen molar-refractivity contribution in [2.24, 2.45) is 0 Å². The van der Waals surface area contributed by atoms with Gasteiger partial charge in [0.1, 0.15) is 5.01 Å². The minimum atomic E-state index is -0.209. The number of urea groups is 1. The Kier molecular flexibility index (Phi) is 6.77. The predicted molar refractivity (Wildman–Crippen MR) is 130 cm³/mol. The van der Waals surface area contributed by atoms with Gasteiger partial charge in [-0.15, -0.1) is 11.3 Å². The van der Waals surface area contributed by atoms with Crippen molar-refractivity contribution >= 4 is 39.2 Å². The van der Waals surface area contributed by atoms with Crippen molar-refractivity contribution in [1.82, 2.24) is 15.2 Å². The van der Waals surface area contributed by atoms with Crippen LogP contribution in [0.1, 0.15) is 12.0 Å². The zero-order valence-corrected chi connectivity index (χ0v) is 18.6. The van der Waals surface area contributed by atoms with Crippen LogP contribution in [-0.2, 0) is 11.3 Å². The van der Waals surface area contributed by atoms with Gasteiger partial charge < -0.3 is 15.5 Å². The fourth-order valence-corrected chi connectivity index (χ4v) is 4.26. The Hall–Kier alpha value is -3.71.